The normalized spacial score (nSPS) is 29.0. The van der Waals surface area contributed by atoms with E-state index in [0.29, 0.717) is 162 Å². The van der Waals surface area contributed by atoms with Gasteiger partial charge in [-0.3, -0.25) is 19.2 Å². The number of carboxylic acid groups (broad SMARTS) is 1. The van der Waals surface area contributed by atoms with Crippen LogP contribution in [0.5, 0.6) is 0 Å². The Labute approximate surface area is 826 Å². The van der Waals surface area contributed by atoms with Crippen molar-refractivity contribution in [1.29, 1.82) is 0 Å². The Morgan fingerprint density at radius 2 is 0.769 bits per heavy atom. The summed E-state index contributed by atoms with van der Waals surface area (Å²) in [6, 6.07) is 52.7. The molecule has 754 valence electrons. The van der Waals surface area contributed by atoms with E-state index in [1.165, 1.54) is 34.2 Å². The molecule has 5 aromatic rings. The summed E-state index contributed by atoms with van der Waals surface area (Å²) in [5, 5.41) is 49.4. The molecule has 4 aliphatic heterocycles. The molecule has 14 rings (SSSR count). The molecule has 5 N–H and O–H groups in total. The molecule has 5 aliphatic carbocycles. The molecule has 3 saturated heterocycles. The Hall–Kier alpha value is -3.46. The van der Waals surface area contributed by atoms with Crippen molar-refractivity contribution in [2.24, 2.45) is 82.9 Å². The largest absolute Gasteiger partial charge is 0.481 e. The number of esters is 3. The Bertz CT molecular complexity index is 4000. The number of hydrogen-bond acceptors (Lipinski definition) is 16. The molecule has 0 aromatic heterocycles. The number of allylic oxidation sites excluding steroid dienone is 4. The maximum atomic E-state index is 12.2. The van der Waals surface area contributed by atoms with Gasteiger partial charge in [0.1, 0.15) is 18.3 Å². The topological polar surface area (TPSA) is 243 Å². The zero-order valence-electron chi connectivity index (χ0n) is 77.2. The van der Waals surface area contributed by atoms with E-state index in [4.69, 9.17) is 42.1 Å². The lowest BCUT2D eigenvalue weighted by atomic mass is 9.83. The number of ether oxygens (including phenoxy) is 4. The van der Waals surface area contributed by atoms with Crippen LogP contribution in [0.2, 0.25) is 0 Å². The smallest absolute Gasteiger partial charge is 0.306 e. The lowest BCUT2D eigenvalue weighted by molar-refractivity contribution is -0.151. The third kappa shape index (κ3) is 41.5. The van der Waals surface area contributed by atoms with E-state index in [-0.39, 0.29) is 116 Å². The average molecular weight is 2010 g/mol. The maximum Gasteiger partial charge on any atom is 0.306 e. The van der Waals surface area contributed by atoms with Crippen LogP contribution in [0.15, 0.2) is 176 Å². The highest BCUT2D eigenvalue weighted by Crippen LogP contribution is 2.52. The van der Waals surface area contributed by atoms with Crippen LogP contribution in [0.4, 0.5) is 0 Å². The fourth-order valence-corrected chi connectivity index (χ4v) is 26.7. The van der Waals surface area contributed by atoms with Crippen LogP contribution >= 0.6 is 69.7 Å². The van der Waals surface area contributed by atoms with Crippen molar-refractivity contribution in [3.63, 3.8) is 0 Å². The number of unbranched alkanes of at least 4 members (excludes halogenated alkanes) is 1. The molecule has 5 saturated carbocycles. The first kappa shape index (κ1) is 121. The third-order valence-electron chi connectivity index (χ3n) is 29.7. The Morgan fingerprint density at radius 1 is 0.410 bits per heavy atom. The van der Waals surface area contributed by atoms with Gasteiger partial charge in [0, 0.05) is 77.4 Å². The predicted octanol–water partition coefficient (Wildman–Crippen LogP) is 27.0. The molecule has 34 atom stereocenters. The minimum atomic E-state index is -0.737. The molecular weight excluding hydrogens is 1830 g/mol. The molecule has 5 aromatic carbocycles. The first-order valence-electron chi connectivity index (χ1n) is 48.8. The molecule has 8 fully saturated rings. The summed E-state index contributed by atoms with van der Waals surface area (Å²) >= 11 is 0. The number of benzene rings is 5. The summed E-state index contributed by atoms with van der Waals surface area (Å²) < 4.78 is 46.4. The van der Waals surface area contributed by atoms with Crippen molar-refractivity contribution >= 4 is 93.6 Å². The molecule has 0 amide bonds. The van der Waals surface area contributed by atoms with Crippen molar-refractivity contribution < 1.29 is 81.8 Å². The molecule has 9 aliphatic rings. The number of aryl methyl sites for hydroxylation is 5. The lowest BCUT2D eigenvalue weighted by Crippen LogP contribution is -2.26. The van der Waals surface area contributed by atoms with E-state index in [1.807, 2.05) is 18.2 Å². The van der Waals surface area contributed by atoms with Crippen molar-refractivity contribution in [1.82, 2.24) is 0 Å². The Morgan fingerprint density at radius 3 is 1.20 bits per heavy atom. The standard InChI is InChI=1S/C24H38O4P2.C24H36O3P2.C19H30O3P2.C19H28O3P2.C18H24O4.5CH4/c1-18-17-23(25)22(11-7-2-3-8-12-24(26)27)21(18)16-15-20(28-30-29)14-13-19-9-5-4-6-10-19;1-18-17-23-22(11-7-2-3-8-12-24(25)26-23)21(18)16-15-20(27-29-28)14-13-19-9-5-4-6-10-19;2*1-13-11-18-17(12-19(20)21-18)16(13)10-9-15(22-24-23)8-7-14-5-3-2-4-6-14;19-13(7-6-12-4-2-1-3-5-12)8-9-14-15-10-18(21)22-17(15)11-16(14)20;;;;;/h2,4-7,9-10,18,20-23,25,30H,3,8,11-17,29H2,1H3,(H,26,27);2,4-7,9-10,18,20-23,29H,3,8,11-17,28H2,1H3;2-6,13,15-20,24H,7-12,23H2,1H3;2-6,13,15-18,24H,7-12,23H2,1H3;1-5,13-17,19-20H,6-11H2;5*1H4/b;7-2-;;;;;;;;/t2*18-,20+,21+,22-,23+;13-,15+,16+,17-,18+,19?;13-,15+,16+,17-,18+;13-,14+,15+,16+,17-;;;;;/m11110...../s1. The van der Waals surface area contributed by atoms with Gasteiger partial charge in [0.25, 0.3) is 0 Å². The third-order valence-corrected chi connectivity index (χ3v) is 33.2. The highest BCUT2D eigenvalue weighted by atomic mass is 32.0. The molecule has 17 nitrogen and oxygen atoms in total. The molecule has 0 spiro atoms. The van der Waals surface area contributed by atoms with E-state index < -0.39 is 18.4 Å². The van der Waals surface area contributed by atoms with Crippen LogP contribution in [0.1, 0.15) is 292 Å². The Balaban J connectivity index is 0.000000294. The summed E-state index contributed by atoms with van der Waals surface area (Å²) in [6.07, 6.45) is 41.9. The van der Waals surface area contributed by atoms with Crippen molar-refractivity contribution in [2.75, 3.05) is 0 Å². The number of fused-ring (bicyclic) bond motifs is 4. The van der Waals surface area contributed by atoms with Crippen molar-refractivity contribution in [3.8, 4) is 0 Å². The number of carboxylic acids is 1. The molecule has 9 unspecified atom stereocenters. The average Bonchev–Trinajstić information content (AvgIpc) is 1.65. The zero-order chi connectivity index (χ0) is 91.7. The first-order chi connectivity index (χ1) is 62.6. The number of aliphatic hydroxyl groups excluding tert-OH is 4. The fraction of sp³-hybridized carbons (Fsp3) is 0.651. The molecular formula is C109H176O17P8. The fourth-order valence-electron chi connectivity index (χ4n) is 22.7. The van der Waals surface area contributed by atoms with Gasteiger partial charge in [-0.1, -0.05) is 277 Å². The summed E-state index contributed by atoms with van der Waals surface area (Å²) in [6.45, 7) is 9.26. The van der Waals surface area contributed by atoms with Crippen LogP contribution in [0.3, 0.4) is 0 Å². The summed E-state index contributed by atoms with van der Waals surface area (Å²) in [4.78, 5) is 45.7. The highest BCUT2D eigenvalue weighted by Gasteiger charge is 2.51. The molecule has 25 heteroatoms. The zero-order valence-corrected chi connectivity index (χ0v) is 85.8. The number of aliphatic carboxylic acids is 1. The number of carbonyl (C=O) groups is 4. The van der Waals surface area contributed by atoms with Gasteiger partial charge in [-0.2, -0.15) is 0 Å². The van der Waals surface area contributed by atoms with E-state index >= 15 is 0 Å². The van der Waals surface area contributed by atoms with Gasteiger partial charge in [-0.25, -0.2) is 0 Å². The minimum Gasteiger partial charge on any atom is -0.481 e. The minimum absolute atomic E-state index is 0. The maximum absolute atomic E-state index is 12.2. The van der Waals surface area contributed by atoms with E-state index in [9.17, 15) is 39.6 Å². The second-order valence-electron chi connectivity index (χ2n) is 38.4. The predicted molar refractivity (Wildman–Crippen MR) is 575 cm³/mol. The van der Waals surface area contributed by atoms with Gasteiger partial charge >= 0.3 is 23.9 Å². The number of hydrogen-bond donors (Lipinski definition) is 5. The summed E-state index contributed by atoms with van der Waals surface area (Å²) in [5.74, 6) is 5.96. The summed E-state index contributed by atoms with van der Waals surface area (Å²) in [7, 11) is 12.6. The van der Waals surface area contributed by atoms with Crippen LogP contribution < -0.4 is 0 Å². The second-order valence-corrected chi connectivity index (χ2v) is 43.1. The van der Waals surface area contributed by atoms with Gasteiger partial charge in [0.05, 0.1) is 61.7 Å². The Kier molecular flexibility index (Phi) is 60.6. The van der Waals surface area contributed by atoms with Crippen LogP contribution in [0.25, 0.3) is 0 Å². The van der Waals surface area contributed by atoms with Gasteiger partial charge in [-0.15, -0.1) is 0 Å². The molecule has 4 heterocycles. The van der Waals surface area contributed by atoms with E-state index in [1.54, 1.807) is 0 Å². The second kappa shape index (κ2) is 67.1. The molecule has 0 bridgehead atoms. The number of rotatable bonds is 44. The summed E-state index contributed by atoms with van der Waals surface area (Å²) in [5.41, 5.74) is 6.74. The number of aliphatic hydroxyl groups is 4. The van der Waals surface area contributed by atoms with Crippen LogP contribution in [0, 0.1) is 82.9 Å². The van der Waals surface area contributed by atoms with Gasteiger partial charge < -0.3 is 62.6 Å². The number of carbonyl (C=O) groups excluding carboxylic acids is 3. The monoisotopic (exact) mass is 2010 g/mol. The van der Waals surface area contributed by atoms with Crippen molar-refractivity contribution in [3.05, 3.63) is 204 Å². The molecule has 134 heavy (non-hydrogen) atoms. The lowest BCUT2D eigenvalue weighted by Gasteiger charge is -2.27. The van der Waals surface area contributed by atoms with Crippen molar-refractivity contribution in [2.45, 2.75) is 369 Å². The SMILES string of the molecule is C.C.C.C.C.C[C@@H]1C[C@@H]2OC(=O)CCC/C=C\C[C@@H]2[C@H]1CC[C@H](CCc1ccccc1)OPP.C[C@@H]1C[C@@H]2OC(=O)C[C@@H]2[C@H]1CC[C@H](CCc1ccccc1)OPP.C[C@@H]1C[C@@H]2OC(O)C[C@@H]2[C@H]1CC[C@H](CCc1ccccc1)OPP.C[C@@H]1C[C@H](O)[C@H](CC=CCCCC(=O)O)[C@H]1CC[C@H](CCc1ccccc1)OPP.O=C1C[C@@H]2[C@@H](CC[C@@H](O)CCc3ccccc3)[C@H](O)C[C@@H]2O1. The van der Waals surface area contributed by atoms with E-state index in [0.717, 1.165) is 180 Å². The quantitative estimate of drug-likeness (QED) is 0.00800. The van der Waals surface area contributed by atoms with E-state index in [2.05, 4.69) is 221 Å². The molecule has 0 radical (unpaired) electrons. The highest BCUT2D eigenvalue weighted by molar-refractivity contribution is 8.01. The van der Waals surface area contributed by atoms with Gasteiger partial charge in [0.2, 0.25) is 0 Å². The van der Waals surface area contributed by atoms with Crippen LogP contribution in [-0.2, 0) is 88.3 Å². The van der Waals surface area contributed by atoms with Gasteiger partial charge in [-0.05, 0) is 286 Å². The van der Waals surface area contributed by atoms with Crippen LogP contribution in [-0.4, -0.2) is 123 Å². The van der Waals surface area contributed by atoms with Gasteiger partial charge in [0.15, 0.2) is 6.29 Å². The first-order valence-corrected chi connectivity index (χ1v) is 59.6.